The molecule has 0 saturated carbocycles. The topological polar surface area (TPSA) is 67.7 Å². The summed E-state index contributed by atoms with van der Waals surface area (Å²) in [7, 11) is 1.62. The fraction of sp³-hybridized carbons (Fsp3) is 0.778. The molecular formula is C18H29N3O3. The minimum atomic E-state index is -0.277. The standard InChI is InChI=1S/C18H29N3O3/c1-17(2,3)14-11-13(22)12-18(24-14)5-9-21(10-6-18)15-16(23-4)20-8-7-19-15/h7-8,13-14,22H,5-6,9-12H2,1-4H3/t13-,14-/m1/s1. The van der Waals surface area contributed by atoms with Crippen LogP contribution in [0.1, 0.15) is 46.5 Å². The average molecular weight is 335 g/mol. The molecule has 2 atom stereocenters. The van der Waals surface area contributed by atoms with Crippen molar-refractivity contribution in [1.29, 1.82) is 0 Å². The predicted molar refractivity (Wildman–Crippen MR) is 92.3 cm³/mol. The monoisotopic (exact) mass is 335 g/mol. The minimum absolute atomic E-state index is 0.0413. The summed E-state index contributed by atoms with van der Waals surface area (Å²) >= 11 is 0. The van der Waals surface area contributed by atoms with Crippen LogP contribution >= 0.6 is 0 Å². The summed E-state index contributed by atoms with van der Waals surface area (Å²) in [4.78, 5) is 10.9. The van der Waals surface area contributed by atoms with Gasteiger partial charge in [-0.1, -0.05) is 20.8 Å². The van der Waals surface area contributed by atoms with E-state index in [4.69, 9.17) is 9.47 Å². The molecule has 6 nitrogen and oxygen atoms in total. The molecule has 1 N–H and O–H groups in total. The van der Waals surface area contributed by atoms with E-state index >= 15 is 0 Å². The molecule has 0 bridgehead atoms. The molecule has 2 fully saturated rings. The lowest BCUT2D eigenvalue weighted by atomic mass is 9.76. The lowest BCUT2D eigenvalue weighted by molar-refractivity contribution is -0.199. The largest absolute Gasteiger partial charge is 0.478 e. The third-order valence-corrected chi connectivity index (χ3v) is 5.27. The molecule has 134 valence electrons. The Morgan fingerprint density at radius 3 is 2.54 bits per heavy atom. The van der Waals surface area contributed by atoms with Gasteiger partial charge in [-0.25, -0.2) is 9.97 Å². The Bertz CT molecular complexity index is 565. The van der Waals surface area contributed by atoms with Crippen molar-refractivity contribution in [1.82, 2.24) is 9.97 Å². The summed E-state index contributed by atoms with van der Waals surface area (Å²) in [6.07, 6.45) is 6.38. The Morgan fingerprint density at radius 2 is 1.92 bits per heavy atom. The van der Waals surface area contributed by atoms with Crippen LogP contribution in [0.5, 0.6) is 5.88 Å². The zero-order valence-corrected chi connectivity index (χ0v) is 15.2. The molecule has 6 heteroatoms. The molecule has 1 spiro atoms. The van der Waals surface area contributed by atoms with Gasteiger partial charge in [0.1, 0.15) is 0 Å². The number of aromatic nitrogens is 2. The van der Waals surface area contributed by atoms with Crippen LogP contribution in [0.25, 0.3) is 0 Å². The Morgan fingerprint density at radius 1 is 1.25 bits per heavy atom. The van der Waals surface area contributed by atoms with Gasteiger partial charge in [0.15, 0.2) is 5.82 Å². The van der Waals surface area contributed by atoms with Crippen LogP contribution < -0.4 is 9.64 Å². The molecule has 3 heterocycles. The summed E-state index contributed by atoms with van der Waals surface area (Å²) in [5.41, 5.74) is -0.179. The van der Waals surface area contributed by atoms with Crippen molar-refractivity contribution in [3.63, 3.8) is 0 Å². The van der Waals surface area contributed by atoms with Crippen LogP contribution in [0, 0.1) is 5.41 Å². The number of nitrogens with zero attached hydrogens (tertiary/aromatic N) is 3. The van der Waals surface area contributed by atoms with Gasteiger partial charge in [0.25, 0.3) is 5.88 Å². The van der Waals surface area contributed by atoms with Crippen molar-refractivity contribution in [2.24, 2.45) is 5.41 Å². The first kappa shape index (κ1) is 17.4. The molecule has 1 aromatic heterocycles. The van der Waals surface area contributed by atoms with E-state index in [0.717, 1.165) is 44.6 Å². The van der Waals surface area contributed by atoms with Gasteiger partial charge in [0.05, 0.1) is 24.9 Å². The van der Waals surface area contributed by atoms with E-state index in [-0.39, 0.29) is 23.2 Å². The Balaban J connectivity index is 1.71. The zero-order chi connectivity index (χ0) is 17.4. The van der Waals surface area contributed by atoms with Gasteiger partial charge >= 0.3 is 0 Å². The highest BCUT2D eigenvalue weighted by molar-refractivity contribution is 5.48. The molecule has 0 radical (unpaired) electrons. The van der Waals surface area contributed by atoms with Gasteiger partial charge in [-0.2, -0.15) is 0 Å². The lowest BCUT2D eigenvalue weighted by Crippen LogP contribution is -2.55. The quantitative estimate of drug-likeness (QED) is 0.895. The second-order valence-corrected chi connectivity index (χ2v) is 8.13. The fourth-order valence-electron chi connectivity index (χ4n) is 3.82. The molecule has 3 rings (SSSR count). The van der Waals surface area contributed by atoms with E-state index in [2.05, 4.69) is 35.6 Å². The van der Waals surface area contributed by atoms with Crippen LogP contribution in [0.15, 0.2) is 12.4 Å². The number of ether oxygens (including phenoxy) is 2. The highest BCUT2D eigenvalue weighted by Crippen LogP contribution is 2.43. The van der Waals surface area contributed by atoms with Crippen LogP contribution in [0.4, 0.5) is 5.82 Å². The van der Waals surface area contributed by atoms with E-state index in [1.807, 2.05) is 0 Å². The third kappa shape index (κ3) is 3.49. The van der Waals surface area contributed by atoms with E-state index in [1.54, 1.807) is 19.5 Å². The fourth-order valence-corrected chi connectivity index (χ4v) is 3.82. The number of aliphatic hydroxyl groups excluding tert-OH is 1. The second kappa shape index (κ2) is 6.48. The Hall–Kier alpha value is -1.40. The maximum Gasteiger partial charge on any atom is 0.257 e. The van der Waals surface area contributed by atoms with Crippen LogP contribution in [0.3, 0.4) is 0 Å². The highest BCUT2D eigenvalue weighted by Gasteiger charge is 2.46. The van der Waals surface area contributed by atoms with Gasteiger partial charge in [0, 0.05) is 38.3 Å². The molecule has 0 aliphatic carbocycles. The summed E-state index contributed by atoms with van der Waals surface area (Å²) in [6, 6.07) is 0. The van der Waals surface area contributed by atoms with Crippen molar-refractivity contribution in [3.05, 3.63) is 12.4 Å². The number of piperidine rings is 1. The van der Waals surface area contributed by atoms with Crippen molar-refractivity contribution >= 4 is 5.82 Å². The number of aliphatic hydroxyl groups is 1. The van der Waals surface area contributed by atoms with Crippen molar-refractivity contribution in [2.45, 2.75) is 64.3 Å². The normalized spacial score (nSPS) is 27.3. The summed E-state index contributed by atoms with van der Waals surface area (Å²) in [6.45, 7) is 8.21. The van der Waals surface area contributed by atoms with E-state index in [9.17, 15) is 5.11 Å². The van der Waals surface area contributed by atoms with E-state index < -0.39 is 0 Å². The van der Waals surface area contributed by atoms with Crippen LogP contribution in [0.2, 0.25) is 0 Å². The van der Waals surface area contributed by atoms with E-state index in [0.29, 0.717) is 5.88 Å². The molecule has 1 aromatic rings. The second-order valence-electron chi connectivity index (χ2n) is 8.13. The SMILES string of the molecule is COc1nccnc1N1CCC2(CC1)C[C@H](O)C[C@H](C(C)(C)C)O2. The Labute approximate surface area is 144 Å². The smallest absolute Gasteiger partial charge is 0.257 e. The molecule has 2 saturated heterocycles. The molecule has 0 aromatic carbocycles. The number of hydrogen-bond donors (Lipinski definition) is 1. The number of hydrogen-bond acceptors (Lipinski definition) is 6. The minimum Gasteiger partial charge on any atom is -0.478 e. The first-order valence-electron chi connectivity index (χ1n) is 8.79. The molecular weight excluding hydrogens is 306 g/mol. The average Bonchev–Trinajstić information content (AvgIpc) is 2.54. The van der Waals surface area contributed by atoms with Crippen molar-refractivity contribution < 1.29 is 14.6 Å². The van der Waals surface area contributed by atoms with Crippen molar-refractivity contribution in [3.8, 4) is 5.88 Å². The highest BCUT2D eigenvalue weighted by atomic mass is 16.5. The lowest BCUT2D eigenvalue weighted by Gasteiger charge is -2.50. The van der Waals surface area contributed by atoms with Gasteiger partial charge in [-0.15, -0.1) is 0 Å². The van der Waals surface area contributed by atoms with Crippen molar-refractivity contribution in [2.75, 3.05) is 25.1 Å². The summed E-state index contributed by atoms with van der Waals surface area (Å²) in [5.74, 6) is 1.35. The third-order valence-electron chi connectivity index (χ3n) is 5.27. The predicted octanol–water partition coefficient (Wildman–Crippen LogP) is 2.41. The molecule has 0 unspecified atom stereocenters. The summed E-state index contributed by atoms with van der Waals surface area (Å²) in [5, 5.41) is 10.4. The number of anilines is 1. The maximum absolute atomic E-state index is 10.4. The zero-order valence-electron chi connectivity index (χ0n) is 15.2. The molecule has 0 amide bonds. The summed E-state index contributed by atoms with van der Waals surface area (Å²) < 4.78 is 11.9. The number of methoxy groups -OCH3 is 1. The van der Waals surface area contributed by atoms with Crippen LogP contribution in [-0.2, 0) is 4.74 Å². The van der Waals surface area contributed by atoms with Gasteiger partial charge in [-0.3, -0.25) is 0 Å². The molecule has 24 heavy (non-hydrogen) atoms. The maximum atomic E-state index is 10.4. The first-order chi connectivity index (χ1) is 11.3. The van der Waals surface area contributed by atoms with Gasteiger partial charge < -0.3 is 19.5 Å². The van der Waals surface area contributed by atoms with E-state index in [1.165, 1.54) is 0 Å². The molecule has 2 aliphatic rings. The first-order valence-corrected chi connectivity index (χ1v) is 8.79. The van der Waals surface area contributed by atoms with Crippen LogP contribution in [-0.4, -0.2) is 53.1 Å². The van der Waals surface area contributed by atoms with Gasteiger partial charge in [-0.05, 0) is 18.3 Å². The van der Waals surface area contributed by atoms with Gasteiger partial charge in [0.2, 0.25) is 0 Å². The Kier molecular flexibility index (Phi) is 4.71. The number of rotatable bonds is 2. The molecule has 2 aliphatic heterocycles.